The van der Waals surface area contributed by atoms with Gasteiger partial charge in [-0.3, -0.25) is 0 Å². The summed E-state index contributed by atoms with van der Waals surface area (Å²) in [7, 11) is 0. The lowest BCUT2D eigenvalue weighted by Gasteiger charge is -2.34. The van der Waals surface area contributed by atoms with Crippen molar-refractivity contribution < 1.29 is 0 Å². The first kappa shape index (κ1) is 31.7. The number of hydrogen-bond acceptors (Lipinski definition) is 1. The summed E-state index contributed by atoms with van der Waals surface area (Å²) in [5, 5.41) is 2.43. The van der Waals surface area contributed by atoms with Crippen LogP contribution in [0.25, 0.3) is 44.2 Å². The highest BCUT2D eigenvalue weighted by Crippen LogP contribution is 2.56. The second-order valence-electron chi connectivity index (χ2n) is 14.1. The van der Waals surface area contributed by atoms with Crippen LogP contribution in [0.4, 0.5) is 17.1 Å². The molecule has 9 aromatic rings. The minimum Gasteiger partial charge on any atom is -0.310 e. The molecule has 0 aromatic heterocycles. The summed E-state index contributed by atoms with van der Waals surface area (Å²) < 4.78 is 0. The lowest BCUT2D eigenvalue weighted by atomic mass is 9.67. The molecule has 1 aliphatic carbocycles. The maximum atomic E-state index is 2.41. The molecule has 0 spiro atoms. The van der Waals surface area contributed by atoms with Gasteiger partial charge in [0.25, 0.3) is 0 Å². The first-order valence-electron chi connectivity index (χ1n) is 18.7. The van der Waals surface area contributed by atoms with E-state index in [-0.39, 0.29) is 0 Å². The summed E-state index contributed by atoms with van der Waals surface area (Å²) in [6.07, 6.45) is 0. The second-order valence-corrected chi connectivity index (χ2v) is 14.1. The molecule has 0 saturated heterocycles. The largest absolute Gasteiger partial charge is 0.310 e. The van der Waals surface area contributed by atoms with Crippen molar-refractivity contribution in [1.29, 1.82) is 0 Å². The lowest BCUT2D eigenvalue weighted by molar-refractivity contribution is 0.769. The third-order valence-electron chi connectivity index (χ3n) is 11.2. The van der Waals surface area contributed by atoms with Crippen LogP contribution in [0.2, 0.25) is 0 Å². The van der Waals surface area contributed by atoms with Crippen molar-refractivity contribution in [2.75, 3.05) is 4.90 Å². The molecule has 0 aliphatic heterocycles. The molecular weight excluding hydrogens is 651 g/mol. The van der Waals surface area contributed by atoms with Crippen LogP contribution in [0, 0.1) is 0 Å². The zero-order chi connectivity index (χ0) is 35.9. The SMILES string of the molecule is c1ccc(-c2ccc(N(c3ccc(-c4cccc(C5(c6ccccc6)c6ccccc6-c6ccccc65)c4)cc3)c3cccc4ccccc34)cc2)cc1. The highest BCUT2D eigenvalue weighted by Gasteiger charge is 2.45. The Kier molecular flexibility index (Phi) is 7.78. The molecule has 54 heavy (non-hydrogen) atoms. The van der Waals surface area contributed by atoms with Crippen LogP contribution in [0.3, 0.4) is 0 Å². The fourth-order valence-corrected chi connectivity index (χ4v) is 8.71. The van der Waals surface area contributed by atoms with Gasteiger partial charge in [0.05, 0.1) is 11.1 Å². The van der Waals surface area contributed by atoms with Gasteiger partial charge in [-0.05, 0) is 97.4 Å². The molecule has 10 rings (SSSR count). The van der Waals surface area contributed by atoms with Crippen LogP contribution in [0.1, 0.15) is 22.3 Å². The van der Waals surface area contributed by atoms with Crippen LogP contribution in [0.5, 0.6) is 0 Å². The van der Waals surface area contributed by atoms with Crippen molar-refractivity contribution in [3.05, 3.63) is 247 Å². The number of benzene rings is 9. The van der Waals surface area contributed by atoms with E-state index in [2.05, 4.69) is 229 Å². The average molecular weight is 688 g/mol. The topological polar surface area (TPSA) is 3.24 Å². The Morgan fingerprint density at radius 1 is 0.315 bits per heavy atom. The zero-order valence-corrected chi connectivity index (χ0v) is 29.8. The summed E-state index contributed by atoms with van der Waals surface area (Å²) in [6.45, 7) is 0. The molecule has 254 valence electrons. The number of hydrogen-bond donors (Lipinski definition) is 0. The van der Waals surface area contributed by atoms with Gasteiger partial charge in [0.15, 0.2) is 0 Å². The van der Waals surface area contributed by atoms with Crippen LogP contribution >= 0.6 is 0 Å². The highest BCUT2D eigenvalue weighted by atomic mass is 15.1. The Morgan fingerprint density at radius 3 is 1.44 bits per heavy atom. The molecule has 1 aliphatic rings. The van der Waals surface area contributed by atoms with E-state index < -0.39 is 5.41 Å². The quantitative estimate of drug-likeness (QED) is 0.161. The molecule has 0 atom stereocenters. The Bertz CT molecular complexity index is 2700. The van der Waals surface area contributed by atoms with Crippen LogP contribution in [-0.4, -0.2) is 0 Å². The van der Waals surface area contributed by atoms with Gasteiger partial charge in [-0.2, -0.15) is 0 Å². The van der Waals surface area contributed by atoms with E-state index in [1.807, 2.05) is 0 Å². The summed E-state index contributed by atoms with van der Waals surface area (Å²) in [6, 6.07) is 81.9. The van der Waals surface area contributed by atoms with E-state index in [1.165, 1.54) is 66.4 Å². The standard InChI is InChI=1S/C53H37N/c1-3-15-38(16-4-1)39-29-33-45(34-30-39)54(52-28-14-18-41-17-7-8-23-47(41)52)46-35-31-40(32-36-46)42-19-13-22-44(37-42)53(43-20-5-2-6-21-43)50-26-11-9-24-48(50)49-25-10-12-27-51(49)53/h1-37H. The average Bonchev–Trinajstić information content (AvgIpc) is 3.56. The summed E-state index contributed by atoms with van der Waals surface area (Å²) in [4.78, 5) is 2.38. The van der Waals surface area contributed by atoms with Gasteiger partial charge in [-0.25, -0.2) is 0 Å². The maximum Gasteiger partial charge on any atom is 0.0713 e. The van der Waals surface area contributed by atoms with Crippen molar-refractivity contribution in [2.45, 2.75) is 5.41 Å². The van der Waals surface area contributed by atoms with Gasteiger partial charge in [0.1, 0.15) is 0 Å². The molecule has 1 nitrogen and oxygen atoms in total. The van der Waals surface area contributed by atoms with Crippen molar-refractivity contribution >= 4 is 27.8 Å². The number of nitrogens with zero attached hydrogens (tertiary/aromatic N) is 1. The third-order valence-corrected chi connectivity index (χ3v) is 11.2. The summed E-state index contributed by atoms with van der Waals surface area (Å²) in [5.41, 5.74) is 15.5. The minimum absolute atomic E-state index is 0.429. The molecule has 0 N–H and O–H groups in total. The first-order chi connectivity index (χ1) is 26.8. The monoisotopic (exact) mass is 687 g/mol. The minimum atomic E-state index is -0.429. The molecule has 0 amide bonds. The van der Waals surface area contributed by atoms with Crippen LogP contribution in [0.15, 0.2) is 224 Å². The lowest BCUT2D eigenvalue weighted by Crippen LogP contribution is -2.28. The van der Waals surface area contributed by atoms with Gasteiger partial charge in [0, 0.05) is 16.8 Å². The molecule has 9 aromatic carbocycles. The Morgan fingerprint density at radius 2 is 0.778 bits per heavy atom. The molecule has 0 fully saturated rings. The van der Waals surface area contributed by atoms with Crippen molar-refractivity contribution in [2.24, 2.45) is 0 Å². The number of anilines is 3. The van der Waals surface area contributed by atoms with Gasteiger partial charge in [0.2, 0.25) is 0 Å². The summed E-state index contributed by atoms with van der Waals surface area (Å²) in [5.74, 6) is 0. The van der Waals surface area contributed by atoms with Gasteiger partial charge < -0.3 is 4.90 Å². The molecule has 0 radical (unpaired) electrons. The summed E-state index contributed by atoms with van der Waals surface area (Å²) >= 11 is 0. The molecule has 1 heteroatoms. The Hall–Kier alpha value is -6.96. The van der Waals surface area contributed by atoms with Crippen molar-refractivity contribution in [1.82, 2.24) is 0 Å². The van der Waals surface area contributed by atoms with Gasteiger partial charge >= 0.3 is 0 Å². The second kappa shape index (κ2) is 13.2. The molecule has 0 heterocycles. The normalized spacial score (nSPS) is 12.6. The van der Waals surface area contributed by atoms with Gasteiger partial charge in [-0.15, -0.1) is 0 Å². The Labute approximate surface area is 317 Å². The first-order valence-corrected chi connectivity index (χ1v) is 18.7. The molecular formula is C53H37N. The number of rotatable bonds is 7. The third kappa shape index (κ3) is 5.17. The fourth-order valence-electron chi connectivity index (χ4n) is 8.71. The molecule has 0 saturated carbocycles. The maximum absolute atomic E-state index is 2.41. The van der Waals surface area contributed by atoms with E-state index in [4.69, 9.17) is 0 Å². The fraction of sp³-hybridized carbons (Fsp3) is 0.0189. The Balaban J connectivity index is 1.09. The predicted molar refractivity (Wildman–Crippen MR) is 227 cm³/mol. The smallest absolute Gasteiger partial charge is 0.0713 e. The van der Waals surface area contributed by atoms with E-state index in [9.17, 15) is 0 Å². The molecule has 0 unspecified atom stereocenters. The van der Waals surface area contributed by atoms with Crippen LogP contribution in [-0.2, 0) is 5.41 Å². The highest BCUT2D eigenvalue weighted by molar-refractivity contribution is 5.99. The molecule has 0 bridgehead atoms. The van der Waals surface area contributed by atoms with E-state index in [1.54, 1.807) is 0 Å². The van der Waals surface area contributed by atoms with Crippen LogP contribution < -0.4 is 4.90 Å². The van der Waals surface area contributed by atoms with E-state index in [0.717, 1.165) is 17.1 Å². The van der Waals surface area contributed by atoms with E-state index >= 15 is 0 Å². The van der Waals surface area contributed by atoms with E-state index in [0.29, 0.717) is 0 Å². The van der Waals surface area contributed by atoms with Crippen molar-refractivity contribution in [3.8, 4) is 33.4 Å². The number of fused-ring (bicyclic) bond motifs is 4. The van der Waals surface area contributed by atoms with Gasteiger partial charge in [-0.1, -0.05) is 188 Å². The zero-order valence-electron chi connectivity index (χ0n) is 29.8. The predicted octanol–water partition coefficient (Wildman–Crippen LogP) is 14.0. The van der Waals surface area contributed by atoms with Crippen molar-refractivity contribution in [3.63, 3.8) is 0 Å².